The van der Waals surface area contributed by atoms with Crippen molar-refractivity contribution in [2.45, 2.75) is 37.8 Å². The summed E-state index contributed by atoms with van der Waals surface area (Å²) in [7, 11) is 0. The number of halogens is 1. The maximum absolute atomic E-state index is 11.8. The van der Waals surface area contributed by atoms with Gasteiger partial charge in [0, 0.05) is 4.47 Å². The summed E-state index contributed by atoms with van der Waals surface area (Å²) in [6.45, 7) is -0.0281. The minimum absolute atomic E-state index is 0.0281. The Hall–Kier alpha value is -1.07. The molecule has 0 spiro atoms. The second-order valence-corrected chi connectivity index (χ2v) is 5.69. The van der Waals surface area contributed by atoms with E-state index in [9.17, 15) is 9.90 Å². The molecule has 104 valence electrons. The standard InChI is InChI=1S/C14H18BrNO3/c15-10-4-3-5-11(8-10)19-9-14(18)16-12-6-1-2-7-13(12)17/h3-5,8,12-13,17H,1-2,6-7,9H2,(H,16,18)/t12-,13-/m0/s1. The highest BCUT2D eigenvalue weighted by atomic mass is 79.9. The van der Waals surface area contributed by atoms with Crippen molar-refractivity contribution < 1.29 is 14.6 Å². The third-order valence-corrected chi connectivity index (χ3v) is 3.74. The van der Waals surface area contributed by atoms with Crippen molar-refractivity contribution in [3.05, 3.63) is 28.7 Å². The first-order chi connectivity index (χ1) is 9.15. The molecule has 1 aromatic carbocycles. The molecule has 1 aliphatic rings. The minimum atomic E-state index is -0.427. The van der Waals surface area contributed by atoms with Crippen molar-refractivity contribution >= 4 is 21.8 Å². The molecule has 0 bridgehead atoms. The third kappa shape index (κ3) is 4.51. The maximum atomic E-state index is 11.8. The Morgan fingerprint density at radius 3 is 2.95 bits per heavy atom. The quantitative estimate of drug-likeness (QED) is 0.891. The van der Waals surface area contributed by atoms with E-state index in [0.29, 0.717) is 5.75 Å². The van der Waals surface area contributed by atoms with Crippen molar-refractivity contribution in [2.24, 2.45) is 0 Å². The molecule has 2 atom stereocenters. The fourth-order valence-corrected chi connectivity index (χ4v) is 2.61. The summed E-state index contributed by atoms with van der Waals surface area (Å²) < 4.78 is 6.31. The molecular formula is C14H18BrNO3. The zero-order valence-corrected chi connectivity index (χ0v) is 12.2. The number of carbonyl (C=O) groups excluding carboxylic acids is 1. The van der Waals surface area contributed by atoms with Gasteiger partial charge in [0.25, 0.3) is 5.91 Å². The number of ether oxygens (including phenoxy) is 1. The Labute approximate surface area is 121 Å². The van der Waals surface area contributed by atoms with Crippen LogP contribution in [-0.2, 0) is 4.79 Å². The summed E-state index contributed by atoms with van der Waals surface area (Å²) in [5.41, 5.74) is 0. The predicted molar refractivity (Wildman–Crippen MR) is 76.0 cm³/mol. The molecule has 2 rings (SSSR count). The monoisotopic (exact) mass is 327 g/mol. The van der Waals surface area contributed by atoms with Crippen molar-refractivity contribution in [3.8, 4) is 5.75 Å². The largest absolute Gasteiger partial charge is 0.484 e. The van der Waals surface area contributed by atoms with Crippen LogP contribution < -0.4 is 10.1 Å². The zero-order valence-electron chi connectivity index (χ0n) is 10.6. The molecule has 2 N–H and O–H groups in total. The summed E-state index contributed by atoms with van der Waals surface area (Å²) >= 11 is 3.34. The zero-order chi connectivity index (χ0) is 13.7. The molecule has 0 aliphatic heterocycles. The lowest BCUT2D eigenvalue weighted by atomic mass is 9.92. The van der Waals surface area contributed by atoms with E-state index in [1.807, 2.05) is 18.2 Å². The average molecular weight is 328 g/mol. The van der Waals surface area contributed by atoms with Gasteiger partial charge < -0.3 is 15.2 Å². The maximum Gasteiger partial charge on any atom is 0.258 e. The van der Waals surface area contributed by atoms with Crippen LogP contribution in [0.3, 0.4) is 0 Å². The first-order valence-electron chi connectivity index (χ1n) is 6.51. The van der Waals surface area contributed by atoms with Crippen molar-refractivity contribution in [3.63, 3.8) is 0 Å². The number of benzene rings is 1. The molecule has 1 amide bonds. The highest BCUT2D eigenvalue weighted by molar-refractivity contribution is 9.10. The van der Waals surface area contributed by atoms with Crippen LogP contribution in [0.4, 0.5) is 0 Å². The number of nitrogens with one attached hydrogen (secondary N) is 1. The van der Waals surface area contributed by atoms with Gasteiger partial charge in [-0.1, -0.05) is 34.8 Å². The van der Waals surface area contributed by atoms with Gasteiger partial charge in [-0.05, 0) is 31.0 Å². The number of hydrogen-bond acceptors (Lipinski definition) is 3. The lowest BCUT2D eigenvalue weighted by Crippen LogP contribution is -2.46. The van der Waals surface area contributed by atoms with Gasteiger partial charge in [0.05, 0.1) is 12.1 Å². The molecule has 0 heterocycles. The normalized spacial score (nSPS) is 22.8. The van der Waals surface area contributed by atoms with Crippen LogP contribution >= 0.6 is 15.9 Å². The molecule has 0 unspecified atom stereocenters. The molecule has 5 heteroatoms. The lowest BCUT2D eigenvalue weighted by Gasteiger charge is -2.28. The highest BCUT2D eigenvalue weighted by Gasteiger charge is 2.24. The highest BCUT2D eigenvalue weighted by Crippen LogP contribution is 2.19. The Morgan fingerprint density at radius 2 is 2.21 bits per heavy atom. The first kappa shape index (κ1) is 14.3. The van der Waals surface area contributed by atoms with Crippen molar-refractivity contribution in [2.75, 3.05) is 6.61 Å². The van der Waals surface area contributed by atoms with Gasteiger partial charge in [0.2, 0.25) is 0 Å². The van der Waals surface area contributed by atoms with Gasteiger partial charge in [-0.2, -0.15) is 0 Å². The van der Waals surface area contributed by atoms with Crippen LogP contribution in [0, 0.1) is 0 Å². The Morgan fingerprint density at radius 1 is 1.42 bits per heavy atom. The Kier molecular flexibility index (Phi) is 5.22. The van der Waals surface area contributed by atoms with E-state index < -0.39 is 6.10 Å². The van der Waals surface area contributed by atoms with Gasteiger partial charge in [-0.25, -0.2) is 0 Å². The average Bonchev–Trinajstić information content (AvgIpc) is 2.39. The topological polar surface area (TPSA) is 58.6 Å². The van der Waals surface area contributed by atoms with Crippen molar-refractivity contribution in [1.82, 2.24) is 5.32 Å². The van der Waals surface area contributed by atoms with Crippen LogP contribution in [0.25, 0.3) is 0 Å². The SMILES string of the molecule is O=C(COc1cccc(Br)c1)N[C@H]1CCCC[C@@H]1O. The van der Waals surface area contributed by atoms with Crippen LogP contribution in [0.2, 0.25) is 0 Å². The Balaban J connectivity index is 1.78. The molecule has 19 heavy (non-hydrogen) atoms. The molecule has 1 saturated carbocycles. The molecular weight excluding hydrogens is 310 g/mol. The molecule has 4 nitrogen and oxygen atoms in total. The number of aliphatic hydroxyl groups is 1. The van der Waals surface area contributed by atoms with Crippen LogP contribution in [-0.4, -0.2) is 29.8 Å². The Bertz CT molecular complexity index is 438. The lowest BCUT2D eigenvalue weighted by molar-refractivity contribution is -0.125. The minimum Gasteiger partial charge on any atom is -0.484 e. The van der Waals surface area contributed by atoms with Crippen LogP contribution in [0.5, 0.6) is 5.75 Å². The van der Waals surface area contributed by atoms with E-state index in [-0.39, 0.29) is 18.6 Å². The van der Waals surface area contributed by atoms with E-state index >= 15 is 0 Å². The van der Waals surface area contributed by atoms with E-state index in [0.717, 1.165) is 30.2 Å². The molecule has 0 saturated heterocycles. The third-order valence-electron chi connectivity index (χ3n) is 3.24. The van der Waals surface area contributed by atoms with Gasteiger partial charge in [-0.15, -0.1) is 0 Å². The molecule has 1 aromatic rings. The van der Waals surface area contributed by atoms with E-state index in [1.54, 1.807) is 6.07 Å². The van der Waals surface area contributed by atoms with Gasteiger partial charge >= 0.3 is 0 Å². The number of aliphatic hydroxyl groups excluding tert-OH is 1. The number of rotatable bonds is 4. The summed E-state index contributed by atoms with van der Waals surface area (Å²) in [6, 6.07) is 7.22. The van der Waals surface area contributed by atoms with Crippen LogP contribution in [0.1, 0.15) is 25.7 Å². The van der Waals surface area contributed by atoms with E-state index in [1.165, 1.54) is 0 Å². The van der Waals surface area contributed by atoms with Crippen LogP contribution in [0.15, 0.2) is 28.7 Å². The fourth-order valence-electron chi connectivity index (χ4n) is 2.23. The number of amides is 1. The molecule has 0 aromatic heterocycles. The summed E-state index contributed by atoms with van der Waals surface area (Å²) in [5, 5.41) is 12.6. The smallest absolute Gasteiger partial charge is 0.258 e. The summed E-state index contributed by atoms with van der Waals surface area (Å²) in [4.78, 5) is 11.8. The van der Waals surface area contributed by atoms with Crippen molar-refractivity contribution in [1.29, 1.82) is 0 Å². The van der Waals surface area contributed by atoms with E-state index in [2.05, 4.69) is 21.2 Å². The predicted octanol–water partition coefficient (Wildman–Crippen LogP) is 2.25. The second kappa shape index (κ2) is 6.91. The first-order valence-corrected chi connectivity index (χ1v) is 7.30. The number of carbonyl (C=O) groups is 1. The number of hydrogen-bond donors (Lipinski definition) is 2. The molecule has 1 aliphatic carbocycles. The van der Waals surface area contributed by atoms with Gasteiger partial charge in [-0.3, -0.25) is 4.79 Å². The van der Waals surface area contributed by atoms with E-state index in [4.69, 9.17) is 4.74 Å². The second-order valence-electron chi connectivity index (χ2n) is 4.77. The summed E-state index contributed by atoms with van der Waals surface area (Å²) in [6.07, 6.45) is 3.25. The molecule has 0 radical (unpaired) electrons. The molecule has 1 fully saturated rings. The fraction of sp³-hybridized carbons (Fsp3) is 0.500. The van der Waals surface area contributed by atoms with Gasteiger partial charge in [0.1, 0.15) is 5.75 Å². The summed E-state index contributed by atoms with van der Waals surface area (Å²) in [5.74, 6) is 0.458. The van der Waals surface area contributed by atoms with Gasteiger partial charge in [0.15, 0.2) is 6.61 Å².